The third kappa shape index (κ3) is 1.20. The molecule has 0 spiro atoms. The van der Waals surface area contributed by atoms with E-state index in [1.165, 1.54) is 23.5 Å². The highest BCUT2D eigenvalue weighted by Gasteiger charge is 2.06. The maximum absolute atomic E-state index is 13.0. The standard InChI is InChI=1S/C10H6FNS/c1-6-2-8(11)3-9-7(4-12)5-13-10(6)9/h2-3,5H,1H3. The Labute approximate surface area is 79.0 Å². The quantitative estimate of drug-likeness (QED) is 0.627. The van der Waals surface area contributed by atoms with Crippen LogP contribution in [0.2, 0.25) is 0 Å². The molecule has 1 heterocycles. The Hall–Kier alpha value is -1.40. The zero-order valence-electron chi connectivity index (χ0n) is 6.97. The number of nitriles is 1. The minimum Gasteiger partial charge on any atom is -0.207 e. The van der Waals surface area contributed by atoms with Crippen molar-refractivity contribution in [2.45, 2.75) is 6.92 Å². The Balaban J connectivity index is 2.92. The molecule has 64 valence electrons. The molecule has 1 aromatic heterocycles. The van der Waals surface area contributed by atoms with E-state index in [9.17, 15) is 4.39 Å². The monoisotopic (exact) mass is 191 g/mol. The minimum absolute atomic E-state index is 0.278. The molecule has 0 amide bonds. The van der Waals surface area contributed by atoms with Gasteiger partial charge in [0.2, 0.25) is 0 Å². The normalized spacial score (nSPS) is 10.2. The fraction of sp³-hybridized carbons (Fsp3) is 0.100. The minimum atomic E-state index is -0.278. The molecule has 0 N–H and O–H groups in total. The van der Waals surface area contributed by atoms with Gasteiger partial charge in [-0.2, -0.15) is 5.26 Å². The maximum Gasteiger partial charge on any atom is 0.124 e. The lowest BCUT2D eigenvalue weighted by atomic mass is 10.1. The first kappa shape index (κ1) is 8.21. The van der Waals surface area contributed by atoms with Crippen LogP contribution in [0.5, 0.6) is 0 Å². The largest absolute Gasteiger partial charge is 0.207 e. The third-order valence-corrected chi connectivity index (χ3v) is 3.08. The second kappa shape index (κ2) is 2.82. The summed E-state index contributed by atoms with van der Waals surface area (Å²) in [6.45, 7) is 1.85. The Morgan fingerprint density at radius 1 is 1.46 bits per heavy atom. The van der Waals surface area contributed by atoms with Crippen LogP contribution < -0.4 is 0 Å². The third-order valence-electron chi connectivity index (χ3n) is 1.94. The van der Waals surface area contributed by atoms with Crippen molar-refractivity contribution < 1.29 is 4.39 Å². The molecule has 0 saturated carbocycles. The predicted molar refractivity (Wildman–Crippen MR) is 51.2 cm³/mol. The molecule has 0 radical (unpaired) electrons. The summed E-state index contributed by atoms with van der Waals surface area (Å²) in [7, 11) is 0. The Morgan fingerprint density at radius 2 is 2.23 bits per heavy atom. The molecule has 0 atom stereocenters. The van der Waals surface area contributed by atoms with Gasteiger partial charge in [-0.1, -0.05) is 0 Å². The van der Waals surface area contributed by atoms with Crippen molar-refractivity contribution in [2.75, 3.05) is 0 Å². The predicted octanol–water partition coefficient (Wildman–Crippen LogP) is 3.22. The molecule has 13 heavy (non-hydrogen) atoms. The van der Waals surface area contributed by atoms with Gasteiger partial charge in [0.15, 0.2) is 0 Å². The lowest BCUT2D eigenvalue weighted by Gasteiger charge is -1.95. The lowest BCUT2D eigenvalue weighted by Crippen LogP contribution is -1.78. The number of rotatable bonds is 0. The molecule has 0 unspecified atom stereocenters. The van der Waals surface area contributed by atoms with E-state index in [0.717, 1.165) is 15.6 Å². The van der Waals surface area contributed by atoms with Gasteiger partial charge in [-0.25, -0.2) is 4.39 Å². The van der Waals surface area contributed by atoms with E-state index >= 15 is 0 Å². The summed E-state index contributed by atoms with van der Waals surface area (Å²) in [4.78, 5) is 0. The summed E-state index contributed by atoms with van der Waals surface area (Å²) in [5.41, 5.74) is 1.45. The van der Waals surface area contributed by atoms with Gasteiger partial charge in [0.1, 0.15) is 11.9 Å². The Morgan fingerprint density at radius 3 is 2.92 bits per heavy atom. The van der Waals surface area contributed by atoms with Crippen LogP contribution in [0.4, 0.5) is 4.39 Å². The molecule has 0 fully saturated rings. The maximum atomic E-state index is 13.0. The second-order valence-electron chi connectivity index (χ2n) is 2.86. The van der Waals surface area contributed by atoms with Crippen LogP contribution in [0, 0.1) is 24.1 Å². The van der Waals surface area contributed by atoms with Crippen molar-refractivity contribution in [1.29, 1.82) is 5.26 Å². The number of thiophene rings is 1. The summed E-state index contributed by atoms with van der Waals surface area (Å²) in [5.74, 6) is -0.278. The zero-order chi connectivity index (χ0) is 9.42. The summed E-state index contributed by atoms with van der Waals surface area (Å²) in [6, 6.07) is 4.95. The van der Waals surface area contributed by atoms with Crippen LogP contribution >= 0.6 is 11.3 Å². The number of benzene rings is 1. The molecule has 0 saturated heterocycles. The summed E-state index contributed by atoms with van der Waals surface area (Å²) < 4.78 is 14.0. The number of hydrogen-bond donors (Lipinski definition) is 0. The van der Waals surface area contributed by atoms with Crippen LogP contribution in [-0.2, 0) is 0 Å². The lowest BCUT2D eigenvalue weighted by molar-refractivity contribution is 0.629. The summed E-state index contributed by atoms with van der Waals surface area (Å²) in [5, 5.41) is 11.2. The molecule has 2 rings (SSSR count). The van der Waals surface area contributed by atoms with Crippen molar-refractivity contribution in [3.63, 3.8) is 0 Å². The van der Waals surface area contributed by atoms with E-state index < -0.39 is 0 Å². The van der Waals surface area contributed by atoms with Crippen molar-refractivity contribution in [1.82, 2.24) is 0 Å². The molecule has 0 aliphatic rings. The van der Waals surface area contributed by atoms with Crippen LogP contribution in [0.3, 0.4) is 0 Å². The number of aryl methyl sites for hydroxylation is 1. The van der Waals surface area contributed by atoms with Gasteiger partial charge in [-0.3, -0.25) is 0 Å². The number of halogens is 1. The highest BCUT2D eigenvalue weighted by atomic mass is 32.1. The van der Waals surface area contributed by atoms with E-state index in [1.54, 1.807) is 5.38 Å². The number of hydrogen-bond acceptors (Lipinski definition) is 2. The van der Waals surface area contributed by atoms with Crippen molar-refractivity contribution in [3.05, 3.63) is 34.5 Å². The van der Waals surface area contributed by atoms with Gasteiger partial charge < -0.3 is 0 Å². The van der Waals surface area contributed by atoms with E-state index in [0.29, 0.717) is 5.56 Å². The van der Waals surface area contributed by atoms with Gasteiger partial charge >= 0.3 is 0 Å². The van der Waals surface area contributed by atoms with E-state index in [-0.39, 0.29) is 5.82 Å². The molecule has 0 aliphatic carbocycles. The molecular formula is C10H6FNS. The molecule has 0 bridgehead atoms. The van der Waals surface area contributed by atoms with Gasteiger partial charge in [0, 0.05) is 15.5 Å². The van der Waals surface area contributed by atoms with Crippen molar-refractivity contribution >= 4 is 21.4 Å². The smallest absolute Gasteiger partial charge is 0.124 e. The zero-order valence-corrected chi connectivity index (χ0v) is 7.78. The average molecular weight is 191 g/mol. The van der Waals surface area contributed by atoms with Gasteiger partial charge in [-0.15, -0.1) is 11.3 Å². The molecular weight excluding hydrogens is 185 g/mol. The fourth-order valence-electron chi connectivity index (χ4n) is 1.35. The van der Waals surface area contributed by atoms with Crippen LogP contribution in [-0.4, -0.2) is 0 Å². The van der Waals surface area contributed by atoms with Gasteiger partial charge in [0.25, 0.3) is 0 Å². The number of fused-ring (bicyclic) bond motifs is 1. The first-order valence-electron chi connectivity index (χ1n) is 3.80. The first-order chi connectivity index (χ1) is 6.22. The van der Waals surface area contributed by atoms with Crippen molar-refractivity contribution in [3.8, 4) is 6.07 Å². The fourth-order valence-corrected chi connectivity index (χ4v) is 2.31. The van der Waals surface area contributed by atoms with Gasteiger partial charge in [0.05, 0.1) is 5.56 Å². The first-order valence-corrected chi connectivity index (χ1v) is 4.68. The van der Waals surface area contributed by atoms with Crippen molar-refractivity contribution in [2.24, 2.45) is 0 Å². The summed E-state index contributed by atoms with van der Waals surface area (Å²) >= 11 is 1.48. The van der Waals surface area contributed by atoms with E-state index in [4.69, 9.17) is 5.26 Å². The van der Waals surface area contributed by atoms with Crippen LogP contribution in [0.25, 0.3) is 10.1 Å². The molecule has 1 nitrogen and oxygen atoms in total. The van der Waals surface area contributed by atoms with Gasteiger partial charge in [-0.05, 0) is 24.6 Å². The second-order valence-corrected chi connectivity index (χ2v) is 3.74. The van der Waals surface area contributed by atoms with E-state index in [2.05, 4.69) is 0 Å². The highest BCUT2D eigenvalue weighted by Crippen LogP contribution is 2.29. The van der Waals surface area contributed by atoms with Crippen LogP contribution in [0.15, 0.2) is 17.5 Å². The van der Waals surface area contributed by atoms with E-state index in [1.807, 2.05) is 13.0 Å². The highest BCUT2D eigenvalue weighted by molar-refractivity contribution is 7.17. The molecule has 2 aromatic rings. The van der Waals surface area contributed by atoms with Crippen LogP contribution in [0.1, 0.15) is 11.1 Å². The SMILES string of the molecule is Cc1cc(F)cc2c(C#N)csc12. The molecule has 1 aromatic carbocycles. The molecule has 3 heteroatoms. The Kier molecular flexibility index (Phi) is 1.78. The Bertz CT molecular complexity index is 507. The topological polar surface area (TPSA) is 23.8 Å². The summed E-state index contributed by atoms with van der Waals surface area (Å²) in [6.07, 6.45) is 0. The average Bonchev–Trinajstić information content (AvgIpc) is 2.47. The molecule has 0 aliphatic heterocycles. The number of nitrogens with zero attached hydrogens (tertiary/aromatic N) is 1.